The Morgan fingerprint density at radius 1 is 0.536 bits per heavy atom. The minimum atomic E-state index is 0.588. The van der Waals surface area contributed by atoms with Gasteiger partial charge in [0.2, 0.25) is 0 Å². The van der Waals surface area contributed by atoms with Crippen molar-refractivity contribution in [2.45, 2.75) is 27.7 Å². The van der Waals surface area contributed by atoms with E-state index in [-0.39, 0.29) is 0 Å². The third-order valence-electron chi connectivity index (χ3n) is 4.21. The topological polar surface area (TPSA) is 36.9 Å². The average Bonchev–Trinajstić information content (AvgIpc) is 2.69. The second kappa shape index (κ2) is 9.18. The smallest absolute Gasteiger partial charge is 0.169 e. The quantitative estimate of drug-likeness (QED) is 0.438. The fourth-order valence-electron chi connectivity index (χ4n) is 2.84. The highest BCUT2D eigenvalue weighted by Crippen LogP contribution is 2.38. The molecule has 0 saturated carbocycles. The maximum atomic E-state index is 6.14. The average molecular weight is 378 g/mol. The normalized spacial score (nSPS) is 10.4. The molecule has 0 heterocycles. The molecule has 4 heteroatoms. The highest BCUT2D eigenvalue weighted by molar-refractivity contribution is 5.51. The van der Waals surface area contributed by atoms with Gasteiger partial charge in [-0.3, -0.25) is 0 Å². The summed E-state index contributed by atoms with van der Waals surface area (Å²) in [6.07, 6.45) is 0. The monoisotopic (exact) mass is 378 g/mol. The molecular weight excluding hydrogens is 352 g/mol. The van der Waals surface area contributed by atoms with Crippen molar-refractivity contribution in [2.75, 3.05) is 13.2 Å². The Kier molecular flexibility index (Phi) is 6.43. The molecule has 3 aromatic rings. The van der Waals surface area contributed by atoms with E-state index < -0.39 is 0 Å². The zero-order valence-electron chi connectivity index (χ0n) is 16.8. The molecule has 0 atom stereocenters. The van der Waals surface area contributed by atoms with Gasteiger partial charge in [0.15, 0.2) is 23.0 Å². The van der Waals surface area contributed by atoms with Crippen LogP contribution in [-0.2, 0) is 0 Å². The van der Waals surface area contributed by atoms with Crippen molar-refractivity contribution in [1.29, 1.82) is 0 Å². The summed E-state index contributed by atoms with van der Waals surface area (Å²) < 4.78 is 23.6. The predicted molar refractivity (Wildman–Crippen MR) is 111 cm³/mol. The number of para-hydroxylation sites is 4. The Morgan fingerprint density at radius 3 is 1.25 bits per heavy atom. The van der Waals surface area contributed by atoms with Crippen LogP contribution < -0.4 is 18.9 Å². The van der Waals surface area contributed by atoms with E-state index in [1.807, 2.05) is 88.4 Å². The van der Waals surface area contributed by atoms with E-state index in [1.54, 1.807) is 0 Å². The molecule has 3 rings (SSSR count). The summed E-state index contributed by atoms with van der Waals surface area (Å²) >= 11 is 0. The Labute approximate surface area is 166 Å². The number of aryl methyl sites for hydroxylation is 2. The fourth-order valence-corrected chi connectivity index (χ4v) is 2.84. The summed E-state index contributed by atoms with van der Waals surface area (Å²) in [5.74, 6) is 4.40. The van der Waals surface area contributed by atoms with Gasteiger partial charge >= 0.3 is 0 Å². The van der Waals surface area contributed by atoms with Crippen LogP contribution in [0.1, 0.15) is 25.0 Å². The maximum absolute atomic E-state index is 6.14. The largest absolute Gasteiger partial charge is 0.490 e. The Morgan fingerprint density at radius 2 is 0.893 bits per heavy atom. The van der Waals surface area contributed by atoms with Gasteiger partial charge in [-0.2, -0.15) is 0 Å². The molecule has 4 nitrogen and oxygen atoms in total. The molecule has 0 N–H and O–H groups in total. The second-order valence-electron chi connectivity index (χ2n) is 6.35. The first kappa shape index (κ1) is 19.6. The highest BCUT2D eigenvalue weighted by atomic mass is 16.5. The molecule has 0 unspecified atom stereocenters. The van der Waals surface area contributed by atoms with Gasteiger partial charge in [-0.1, -0.05) is 24.3 Å². The maximum Gasteiger partial charge on any atom is 0.169 e. The van der Waals surface area contributed by atoms with Crippen molar-refractivity contribution in [3.63, 3.8) is 0 Å². The van der Waals surface area contributed by atoms with Crippen LogP contribution in [0.3, 0.4) is 0 Å². The van der Waals surface area contributed by atoms with E-state index in [0.717, 1.165) is 34.1 Å². The number of hydrogen-bond donors (Lipinski definition) is 0. The molecule has 0 bridgehead atoms. The van der Waals surface area contributed by atoms with E-state index in [0.29, 0.717) is 24.7 Å². The molecule has 28 heavy (non-hydrogen) atoms. The predicted octanol–water partition coefficient (Wildman–Crippen LogP) is 6.69. The number of hydrogen-bond acceptors (Lipinski definition) is 4. The van der Waals surface area contributed by atoms with E-state index in [9.17, 15) is 0 Å². The van der Waals surface area contributed by atoms with Crippen LogP contribution in [0.15, 0.2) is 60.7 Å². The SMILES string of the molecule is CCOc1ccccc1Oc1cc(C)c(Oc2ccccc2OCC)cc1C. The first-order chi connectivity index (χ1) is 13.6. The van der Waals surface area contributed by atoms with Gasteiger partial charge in [0, 0.05) is 0 Å². The van der Waals surface area contributed by atoms with E-state index in [4.69, 9.17) is 18.9 Å². The molecule has 0 spiro atoms. The number of benzene rings is 3. The molecule has 0 aromatic heterocycles. The van der Waals surface area contributed by atoms with Crippen LogP contribution in [0.25, 0.3) is 0 Å². The van der Waals surface area contributed by atoms with Crippen LogP contribution in [0.4, 0.5) is 0 Å². The third-order valence-corrected chi connectivity index (χ3v) is 4.21. The lowest BCUT2D eigenvalue weighted by atomic mass is 10.1. The van der Waals surface area contributed by atoms with Gasteiger partial charge in [0.25, 0.3) is 0 Å². The summed E-state index contributed by atoms with van der Waals surface area (Å²) in [5.41, 5.74) is 1.95. The highest BCUT2D eigenvalue weighted by Gasteiger charge is 2.13. The molecule has 146 valence electrons. The molecule has 3 aromatic carbocycles. The van der Waals surface area contributed by atoms with Crippen molar-refractivity contribution in [2.24, 2.45) is 0 Å². The molecule has 0 amide bonds. The number of ether oxygens (including phenoxy) is 4. The van der Waals surface area contributed by atoms with Crippen LogP contribution in [0.2, 0.25) is 0 Å². The van der Waals surface area contributed by atoms with E-state index in [2.05, 4.69) is 0 Å². The van der Waals surface area contributed by atoms with Crippen molar-refractivity contribution >= 4 is 0 Å². The van der Waals surface area contributed by atoms with Crippen LogP contribution in [0.5, 0.6) is 34.5 Å². The molecule has 0 aliphatic carbocycles. The molecular formula is C24H26O4. The van der Waals surface area contributed by atoms with E-state index in [1.165, 1.54) is 0 Å². The number of rotatable bonds is 8. The summed E-state index contributed by atoms with van der Waals surface area (Å²) in [6, 6.07) is 19.3. The van der Waals surface area contributed by atoms with Gasteiger partial charge in [0.05, 0.1) is 13.2 Å². The second-order valence-corrected chi connectivity index (χ2v) is 6.35. The molecule has 0 saturated heterocycles. The van der Waals surface area contributed by atoms with Gasteiger partial charge in [0.1, 0.15) is 11.5 Å². The standard InChI is InChI=1S/C24H26O4/c1-5-25-19-11-7-9-13-21(19)27-23-15-18(4)24(16-17(23)3)28-22-14-10-8-12-20(22)26-6-2/h7-16H,5-6H2,1-4H3. The fraction of sp³-hybridized carbons (Fsp3) is 0.250. The Bertz CT molecular complexity index is 856. The summed E-state index contributed by atoms with van der Waals surface area (Å²) in [7, 11) is 0. The minimum Gasteiger partial charge on any atom is -0.490 e. The Balaban J connectivity index is 1.86. The van der Waals surface area contributed by atoms with Crippen molar-refractivity contribution < 1.29 is 18.9 Å². The van der Waals surface area contributed by atoms with Crippen LogP contribution in [-0.4, -0.2) is 13.2 Å². The van der Waals surface area contributed by atoms with E-state index >= 15 is 0 Å². The lowest BCUT2D eigenvalue weighted by Crippen LogP contribution is -1.98. The first-order valence-electron chi connectivity index (χ1n) is 9.53. The molecule has 0 radical (unpaired) electrons. The lowest BCUT2D eigenvalue weighted by molar-refractivity contribution is 0.319. The molecule has 0 aliphatic rings. The van der Waals surface area contributed by atoms with Crippen molar-refractivity contribution in [3.8, 4) is 34.5 Å². The zero-order valence-corrected chi connectivity index (χ0v) is 16.8. The zero-order chi connectivity index (χ0) is 19.9. The first-order valence-corrected chi connectivity index (χ1v) is 9.53. The lowest BCUT2D eigenvalue weighted by Gasteiger charge is -2.17. The van der Waals surface area contributed by atoms with Crippen molar-refractivity contribution in [1.82, 2.24) is 0 Å². The van der Waals surface area contributed by atoms with Crippen molar-refractivity contribution in [3.05, 3.63) is 71.8 Å². The molecule has 0 aliphatic heterocycles. The Hall–Kier alpha value is -3.14. The summed E-state index contributed by atoms with van der Waals surface area (Å²) in [5, 5.41) is 0. The minimum absolute atomic E-state index is 0.588. The summed E-state index contributed by atoms with van der Waals surface area (Å²) in [6.45, 7) is 9.09. The molecule has 0 fully saturated rings. The van der Waals surface area contributed by atoms with Gasteiger partial charge in [-0.25, -0.2) is 0 Å². The van der Waals surface area contributed by atoms with Gasteiger partial charge in [-0.15, -0.1) is 0 Å². The van der Waals surface area contributed by atoms with Gasteiger partial charge in [-0.05, 0) is 75.2 Å². The van der Waals surface area contributed by atoms with Gasteiger partial charge < -0.3 is 18.9 Å². The summed E-state index contributed by atoms with van der Waals surface area (Å²) in [4.78, 5) is 0. The van der Waals surface area contributed by atoms with Crippen LogP contribution >= 0.6 is 0 Å². The third kappa shape index (κ3) is 4.58. The van der Waals surface area contributed by atoms with Crippen LogP contribution in [0, 0.1) is 13.8 Å².